The Balaban J connectivity index is 2.05. The van der Waals surface area contributed by atoms with Gasteiger partial charge < -0.3 is 15.0 Å². The third-order valence-electron chi connectivity index (χ3n) is 3.15. The van der Waals surface area contributed by atoms with Gasteiger partial charge in [-0.3, -0.25) is 4.79 Å². The van der Waals surface area contributed by atoms with Crippen LogP contribution in [0.15, 0.2) is 0 Å². The fraction of sp³-hybridized carbons (Fsp3) is 0.833. The maximum Gasteiger partial charge on any atom is 0.410 e. The van der Waals surface area contributed by atoms with E-state index < -0.39 is 5.60 Å². The molecule has 96 valence electrons. The molecule has 2 atom stereocenters. The summed E-state index contributed by atoms with van der Waals surface area (Å²) in [7, 11) is 0. The summed E-state index contributed by atoms with van der Waals surface area (Å²) >= 11 is 0. The first-order valence-electron chi connectivity index (χ1n) is 6.16. The molecule has 1 N–H and O–H groups in total. The lowest BCUT2D eigenvalue weighted by molar-refractivity contribution is -0.119. The van der Waals surface area contributed by atoms with E-state index in [2.05, 4.69) is 5.32 Å². The first-order valence-corrected chi connectivity index (χ1v) is 6.16. The van der Waals surface area contributed by atoms with Crippen molar-refractivity contribution in [2.75, 3.05) is 6.54 Å². The van der Waals surface area contributed by atoms with E-state index in [9.17, 15) is 9.59 Å². The molecule has 0 aromatic heterocycles. The number of nitrogens with zero attached hydrogens (tertiary/aromatic N) is 1. The highest BCUT2D eigenvalue weighted by molar-refractivity contribution is 5.81. The van der Waals surface area contributed by atoms with Crippen molar-refractivity contribution in [3.63, 3.8) is 0 Å². The minimum absolute atomic E-state index is 0.0221. The summed E-state index contributed by atoms with van der Waals surface area (Å²) in [6.07, 6.45) is 1.98. The molecule has 5 nitrogen and oxygen atoms in total. The van der Waals surface area contributed by atoms with Crippen LogP contribution in [0.3, 0.4) is 0 Å². The molecule has 5 heteroatoms. The quantitative estimate of drug-likeness (QED) is 0.693. The summed E-state index contributed by atoms with van der Waals surface area (Å²) < 4.78 is 5.37. The number of likely N-dealkylation sites (tertiary alicyclic amines) is 1. The molecule has 0 spiro atoms. The van der Waals surface area contributed by atoms with Gasteiger partial charge in [-0.05, 0) is 33.6 Å². The highest BCUT2D eigenvalue weighted by Gasteiger charge is 2.42. The maximum absolute atomic E-state index is 12.0. The summed E-state index contributed by atoms with van der Waals surface area (Å²) in [4.78, 5) is 25.1. The van der Waals surface area contributed by atoms with E-state index in [4.69, 9.17) is 4.74 Å². The molecule has 0 bridgehead atoms. The van der Waals surface area contributed by atoms with Gasteiger partial charge in [0.15, 0.2) is 0 Å². The van der Waals surface area contributed by atoms with E-state index in [0.29, 0.717) is 13.0 Å². The summed E-state index contributed by atoms with van der Waals surface area (Å²) in [6.45, 7) is 6.24. The minimum Gasteiger partial charge on any atom is -0.444 e. The second-order valence-electron chi connectivity index (χ2n) is 5.76. The minimum atomic E-state index is -0.486. The van der Waals surface area contributed by atoms with Crippen molar-refractivity contribution < 1.29 is 14.3 Å². The third-order valence-corrected chi connectivity index (χ3v) is 3.15. The average molecular weight is 240 g/mol. The lowest BCUT2D eigenvalue weighted by Gasteiger charge is -2.37. The van der Waals surface area contributed by atoms with Crippen LogP contribution in [0.4, 0.5) is 4.79 Å². The van der Waals surface area contributed by atoms with E-state index in [1.54, 1.807) is 4.90 Å². The van der Waals surface area contributed by atoms with Gasteiger partial charge in [0.1, 0.15) is 5.60 Å². The number of hydrogen-bond acceptors (Lipinski definition) is 3. The molecule has 2 heterocycles. The molecule has 2 fully saturated rings. The van der Waals surface area contributed by atoms with Gasteiger partial charge in [-0.2, -0.15) is 0 Å². The maximum atomic E-state index is 12.0. The lowest BCUT2D eigenvalue weighted by atomic mass is 9.98. The molecule has 0 unspecified atom stereocenters. The first kappa shape index (κ1) is 12.2. The predicted molar refractivity (Wildman–Crippen MR) is 62.5 cm³/mol. The van der Waals surface area contributed by atoms with Crippen LogP contribution in [0.5, 0.6) is 0 Å². The number of rotatable bonds is 0. The number of nitrogens with one attached hydrogen (secondary N) is 1. The number of hydrogen-bond donors (Lipinski definition) is 1. The van der Waals surface area contributed by atoms with Crippen molar-refractivity contribution in [2.45, 2.75) is 57.7 Å². The predicted octanol–water partition coefficient (Wildman–Crippen LogP) is 1.27. The van der Waals surface area contributed by atoms with Crippen molar-refractivity contribution in [1.29, 1.82) is 0 Å². The molecule has 0 radical (unpaired) electrons. The average Bonchev–Trinajstić information content (AvgIpc) is 2.54. The molecule has 0 aromatic carbocycles. The highest BCUT2D eigenvalue weighted by Crippen LogP contribution is 2.26. The van der Waals surface area contributed by atoms with E-state index in [1.165, 1.54) is 0 Å². The van der Waals surface area contributed by atoms with Gasteiger partial charge in [0.25, 0.3) is 0 Å². The Kier molecular flexibility index (Phi) is 3.02. The Bertz CT molecular complexity index is 335. The number of amides is 2. The van der Waals surface area contributed by atoms with Crippen molar-refractivity contribution in [3.05, 3.63) is 0 Å². The SMILES string of the molecule is CC(C)(C)OC(=O)N1CCC[C@@H]2NC(=O)C[C@@H]21. The van der Waals surface area contributed by atoms with Gasteiger partial charge in [0.2, 0.25) is 5.91 Å². The van der Waals surface area contributed by atoms with Gasteiger partial charge in [-0.15, -0.1) is 0 Å². The van der Waals surface area contributed by atoms with Gasteiger partial charge >= 0.3 is 6.09 Å². The van der Waals surface area contributed by atoms with Gasteiger partial charge in [0.05, 0.1) is 6.04 Å². The standard InChI is InChI=1S/C12H20N2O3/c1-12(2,3)17-11(16)14-6-4-5-8-9(14)7-10(15)13-8/h8-9H,4-7H2,1-3H3,(H,13,15)/t8-,9-/m0/s1. The van der Waals surface area contributed by atoms with Crippen LogP contribution in [-0.4, -0.2) is 41.1 Å². The summed E-state index contributed by atoms with van der Waals surface area (Å²) in [6, 6.07) is 0.0925. The van der Waals surface area contributed by atoms with Crippen LogP contribution in [-0.2, 0) is 9.53 Å². The number of piperidine rings is 1. The van der Waals surface area contributed by atoms with Crippen molar-refractivity contribution in [2.24, 2.45) is 0 Å². The van der Waals surface area contributed by atoms with Gasteiger partial charge in [-0.25, -0.2) is 4.79 Å². The summed E-state index contributed by atoms with van der Waals surface area (Å²) in [5, 5.41) is 2.92. The molecular formula is C12H20N2O3. The highest BCUT2D eigenvalue weighted by atomic mass is 16.6. The Morgan fingerprint density at radius 3 is 2.82 bits per heavy atom. The Morgan fingerprint density at radius 1 is 1.47 bits per heavy atom. The van der Waals surface area contributed by atoms with Crippen molar-refractivity contribution in [1.82, 2.24) is 10.2 Å². The van der Waals surface area contributed by atoms with Crippen LogP contribution < -0.4 is 5.32 Å². The first-order chi connectivity index (χ1) is 7.87. The van der Waals surface area contributed by atoms with Crippen LogP contribution in [0.2, 0.25) is 0 Å². The largest absolute Gasteiger partial charge is 0.444 e. The number of carbonyl (C=O) groups is 2. The molecule has 0 aromatic rings. The van der Waals surface area contributed by atoms with Crippen LogP contribution in [0, 0.1) is 0 Å². The molecule has 17 heavy (non-hydrogen) atoms. The number of ether oxygens (including phenoxy) is 1. The van der Waals surface area contributed by atoms with E-state index in [-0.39, 0.29) is 24.1 Å². The summed E-state index contributed by atoms with van der Waals surface area (Å²) in [5.74, 6) is 0.0375. The molecule has 0 saturated carbocycles. The fourth-order valence-electron chi connectivity index (χ4n) is 2.48. The monoisotopic (exact) mass is 240 g/mol. The molecule has 0 aliphatic carbocycles. The Hall–Kier alpha value is -1.26. The van der Waals surface area contributed by atoms with E-state index >= 15 is 0 Å². The zero-order valence-corrected chi connectivity index (χ0v) is 10.7. The number of carbonyl (C=O) groups excluding carboxylic acids is 2. The van der Waals surface area contributed by atoms with Crippen LogP contribution in [0.25, 0.3) is 0 Å². The smallest absolute Gasteiger partial charge is 0.410 e. The van der Waals surface area contributed by atoms with E-state index in [1.807, 2.05) is 20.8 Å². The van der Waals surface area contributed by atoms with Crippen LogP contribution >= 0.6 is 0 Å². The lowest BCUT2D eigenvalue weighted by Crippen LogP contribution is -2.52. The van der Waals surface area contributed by atoms with E-state index in [0.717, 1.165) is 12.8 Å². The van der Waals surface area contributed by atoms with Gasteiger partial charge in [0, 0.05) is 19.0 Å². The zero-order chi connectivity index (χ0) is 12.6. The van der Waals surface area contributed by atoms with Crippen LogP contribution in [0.1, 0.15) is 40.0 Å². The second-order valence-corrected chi connectivity index (χ2v) is 5.76. The normalized spacial score (nSPS) is 28.6. The zero-order valence-electron chi connectivity index (χ0n) is 10.7. The van der Waals surface area contributed by atoms with Crippen molar-refractivity contribution >= 4 is 12.0 Å². The molecule has 2 rings (SSSR count). The Morgan fingerprint density at radius 2 is 2.18 bits per heavy atom. The Labute approximate surface area is 101 Å². The van der Waals surface area contributed by atoms with Crippen molar-refractivity contribution in [3.8, 4) is 0 Å². The molecular weight excluding hydrogens is 220 g/mol. The summed E-state index contributed by atoms with van der Waals surface area (Å²) in [5.41, 5.74) is -0.486. The second kappa shape index (κ2) is 4.20. The molecule has 2 aliphatic heterocycles. The fourth-order valence-corrected chi connectivity index (χ4v) is 2.48. The molecule has 2 saturated heterocycles. The topological polar surface area (TPSA) is 58.6 Å². The van der Waals surface area contributed by atoms with Gasteiger partial charge in [-0.1, -0.05) is 0 Å². The molecule has 2 amide bonds. The molecule has 2 aliphatic rings. The number of fused-ring (bicyclic) bond motifs is 1. The third kappa shape index (κ3) is 2.70.